The Morgan fingerprint density at radius 2 is 2.06 bits per heavy atom. The molecule has 1 aliphatic rings. The van der Waals surface area contributed by atoms with Crippen molar-refractivity contribution in [1.82, 2.24) is 9.97 Å². The summed E-state index contributed by atoms with van der Waals surface area (Å²) in [4.78, 5) is 20.8. The van der Waals surface area contributed by atoms with E-state index < -0.39 is 5.97 Å². The van der Waals surface area contributed by atoms with Gasteiger partial charge in [-0.05, 0) is 19.3 Å². The van der Waals surface area contributed by atoms with E-state index in [4.69, 9.17) is 16.7 Å². The number of piperidine rings is 1. The second-order valence-corrected chi connectivity index (χ2v) is 4.09. The lowest BCUT2D eigenvalue weighted by atomic mass is 10.1. The number of nitrogens with zero attached hydrogens (tertiary/aromatic N) is 3. The molecule has 1 aromatic heterocycles. The van der Waals surface area contributed by atoms with Gasteiger partial charge in [0.15, 0.2) is 0 Å². The maximum atomic E-state index is 10.7. The summed E-state index contributed by atoms with van der Waals surface area (Å²) in [6.45, 7) is 1.81. The quantitative estimate of drug-likeness (QED) is 0.800. The molecule has 1 N–H and O–H groups in total. The standard InChI is InChI=1S/C10H12ClN3O2/c11-8-7(9(15)16)6-12-10(13-8)14-4-2-1-3-5-14/h6H,1-5H2,(H,15,16). The summed E-state index contributed by atoms with van der Waals surface area (Å²) in [6, 6.07) is 0. The van der Waals surface area contributed by atoms with E-state index in [-0.39, 0.29) is 10.7 Å². The van der Waals surface area contributed by atoms with Crippen molar-refractivity contribution in [3.05, 3.63) is 16.9 Å². The Morgan fingerprint density at radius 3 is 2.62 bits per heavy atom. The minimum atomic E-state index is -1.10. The van der Waals surface area contributed by atoms with E-state index in [1.54, 1.807) is 0 Å². The van der Waals surface area contributed by atoms with Gasteiger partial charge >= 0.3 is 5.97 Å². The highest BCUT2D eigenvalue weighted by Crippen LogP contribution is 2.19. The van der Waals surface area contributed by atoms with Gasteiger partial charge in [0, 0.05) is 19.3 Å². The molecule has 1 saturated heterocycles. The molecule has 1 aliphatic heterocycles. The van der Waals surface area contributed by atoms with Gasteiger partial charge in [0.05, 0.1) is 0 Å². The lowest BCUT2D eigenvalue weighted by Gasteiger charge is -2.26. The Balaban J connectivity index is 2.23. The monoisotopic (exact) mass is 241 g/mol. The zero-order valence-electron chi connectivity index (χ0n) is 8.69. The van der Waals surface area contributed by atoms with Gasteiger partial charge in [0.1, 0.15) is 10.7 Å². The van der Waals surface area contributed by atoms with Gasteiger partial charge in [-0.3, -0.25) is 0 Å². The Bertz CT molecular complexity index is 405. The molecular weight excluding hydrogens is 230 g/mol. The van der Waals surface area contributed by atoms with E-state index in [1.165, 1.54) is 12.6 Å². The maximum absolute atomic E-state index is 10.7. The minimum absolute atomic E-state index is 0.00285. The second-order valence-electron chi connectivity index (χ2n) is 3.73. The molecule has 0 atom stereocenters. The fraction of sp³-hybridized carbons (Fsp3) is 0.500. The molecule has 0 unspecified atom stereocenters. The Kier molecular flexibility index (Phi) is 3.24. The van der Waals surface area contributed by atoms with E-state index in [0.717, 1.165) is 25.9 Å². The van der Waals surface area contributed by atoms with E-state index >= 15 is 0 Å². The lowest BCUT2D eigenvalue weighted by Crippen LogP contribution is -2.31. The normalized spacial score (nSPS) is 16.2. The first-order valence-electron chi connectivity index (χ1n) is 5.19. The van der Waals surface area contributed by atoms with Crippen molar-refractivity contribution in [2.75, 3.05) is 18.0 Å². The number of aromatic carboxylic acids is 1. The van der Waals surface area contributed by atoms with Gasteiger partial charge in [-0.25, -0.2) is 14.8 Å². The molecular formula is C10H12ClN3O2. The summed E-state index contributed by atoms with van der Waals surface area (Å²) < 4.78 is 0. The smallest absolute Gasteiger partial charge is 0.340 e. The minimum Gasteiger partial charge on any atom is -0.478 e. The SMILES string of the molecule is O=C(O)c1cnc(N2CCCCC2)nc1Cl. The van der Waals surface area contributed by atoms with Crippen LogP contribution in [0.15, 0.2) is 6.20 Å². The third-order valence-electron chi connectivity index (χ3n) is 2.60. The van der Waals surface area contributed by atoms with Crippen LogP contribution in [0.3, 0.4) is 0 Å². The summed E-state index contributed by atoms with van der Waals surface area (Å²) in [5.41, 5.74) is -0.0533. The van der Waals surface area contributed by atoms with Crippen molar-refractivity contribution in [3.63, 3.8) is 0 Å². The Hall–Kier alpha value is -1.36. The van der Waals surface area contributed by atoms with Crippen molar-refractivity contribution in [2.24, 2.45) is 0 Å². The zero-order valence-corrected chi connectivity index (χ0v) is 9.44. The number of hydrogen-bond donors (Lipinski definition) is 1. The van der Waals surface area contributed by atoms with Crippen LogP contribution in [0.1, 0.15) is 29.6 Å². The van der Waals surface area contributed by atoms with Gasteiger partial charge in [0.25, 0.3) is 0 Å². The number of rotatable bonds is 2. The summed E-state index contributed by atoms with van der Waals surface area (Å²) in [6.07, 6.45) is 4.71. The fourth-order valence-corrected chi connectivity index (χ4v) is 1.95. The van der Waals surface area contributed by atoms with Crippen LogP contribution in [-0.2, 0) is 0 Å². The summed E-state index contributed by atoms with van der Waals surface area (Å²) in [5, 5.41) is 8.79. The first kappa shape index (κ1) is 11.1. The highest BCUT2D eigenvalue weighted by Gasteiger charge is 2.17. The van der Waals surface area contributed by atoms with Gasteiger partial charge in [-0.1, -0.05) is 11.6 Å². The van der Waals surface area contributed by atoms with Gasteiger partial charge in [0.2, 0.25) is 5.95 Å². The van der Waals surface area contributed by atoms with Crippen LogP contribution in [0, 0.1) is 0 Å². The van der Waals surface area contributed by atoms with Crippen LogP contribution in [0.4, 0.5) is 5.95 Å². The van der Waals surface area contributed by atoms with E-state index in [9.17, 15) is 4.79 Å². The molecule has 0 spiro atoms. The fourth-order valence-electron chi connectivity index (χ4n) is 1.74. The maximum Gasteiger partial charge on any atom is 0.340 e. The highest BCUT2D eigenvalue weighted by atomic mass is 35.5. The van der Waals surface area contributed by atoms with Crippen molar-refractivity contribution in [3.8, 4) is 0 Å². The van der Waals surface area contributed by atoms with Crippen molar-refractivity contribution in [2.45, 2.75) is 19.3 Å². The molecule has 2 heterocycles. The van der Waals surface area contributed by atoms with Gasteiger partial charge in [-0.2, -0.15) is 0 Å². The van der Waals surface area contributed by atoms with E-state index in [0.29, 0.717) is 5.95 Å². The van der Waals surface area contributed by atoms with Gasteiger partial charge < -0.3 is 10.0 Å². The first-order chi connectivity index (χ1) is 7.68. The third-order valence-corrected chi connectivity index (χ3v) is 2.89. The number of carboxylic acids is 1. The molecule has 0 saturated carbocycles. The van der Waals surface area contributed by atoms with Gasteiger partial charge in [-0.15, -0.1) is 0 Å². The van der Waals surface area contributed by atoms with Crippen molar-refractivity contribution in [1.29, 1.82) is 0 Å². The first-order valence-corrected chi connectivity index (χ1v) is 5.57. The lowest BCUT2D eigenvalue weighted by molar-refractivity contribution is 0.0696. The number of halogens is 1. The van der Waals surface area contributed by atoms with Crippen LogP contribution < -0.4 is 4.90 Å². The topological polar surface area (TPSA) is 66.3 Å². The van der Waals surface area contributed by atoms with Crippen LogP contribution in [-0.4, -0.2) is 34.1 Å². The Morgan fingerprint density at radius 1 is 1.38 bits per heavy atom. The Labute approximate surface area is 98.1 Å². The largest absolute Gasteiger partial charge is 0.478 e. The van der Waals surface area contributed by atoms with E-state index in [1.807, 2.05) is 4.90 Å². The molecule has 0 aliphatic carbocycles. The average molecular weight is 242 g/mol. The number of anilines is 1. The van der Waals surface area contributed by atoms with Crippen LogP contribution in [0.2, 0.25) is 5.15 Å². The number of aromatic nitrogens is 2. The van der Waals surface area contributed by atoms with Crippen LogP contribution in [0.25, 0.3) is 0 Å². The van der Waals surface area contributed by atoms with Crippen LogP contribution in [0.5, 0.6) is 0 Å². The zero-order chi connectivity index (χ0) is 11.5. The molecule has 5 nitrogen and oxygen atoms in total. The predicted octanol–water partition coefficient (Wildman–Crippen LogP) is 1.82. The van der Waals surface area contributed by atoms with Crippen LogP contribution >= 0.6 is 11.6 Å². The molecule has 1 fully saturated rings. The summed E-state index contributed by atoms with van der Waals surface area (Å²) in [7, 11) is 0. The average Bonchev–Trinajstić information content (AvgIpc) is 2.29. The number of carbonyl (C=O) groups is 1. The molecule has 1 aromatic rings. The third kappa shape index (κ3) is 2.24. The molecule has 0 radical (unpaired) electrons. The van der Waals surface area contributed by atoms with Crippen molar-refractivity contribution < 1.29 is 9.90 Å². The molecule has 0 amide bonds. The predicted molar refractivity (Wildman–Crippen MR) is 60.1 cm³/mol. The van der Waals surface area contributed by atoms with E-state index in [2.05, 4.69) is 9.97 Å². The van der Waals surface area contributed by atoms with Crippen molar-refractivity contribution >= 4 is 23.5 Å². The highest BCUT2D eigenvalue weighted by molar-refractivity contribution is 6.32. The second kappa shape index (κ2) is 4.65. The summed E-state index contributed by atoms with van der Waals surface area (Å²) >= 11 is 5.78. The molecule has 16 heavy (non-hydrogen) atoms. The molecule has 86 valence electrons. The molecule has 6 heteroatoms. The molecule has 2 rings (SSSR count). The summed E-state index contributed by atoms with van der Waals surface area (Å²) in [5.74, 6) is -0.579. The molecule has 0 bridgehead atoms. The number of carboxylic acid groups (broad SMARTS) is 1. The number of hydrogen-bond acceptors (Lipinski definition) is 4. The molecule has 0 aromatic carbocycles.